The molecule has 0 aliphatic carbocycles. The van der Waals surface area contributed by atoms with Crippen LogP contribution in [0.2, 0.25) is 0 Å². The van der Waals surface area contributed by atoms with E-state index < -0.39 is 0 Å². The number of rotatable bonds is 6. The van der Waals surface area contributed by atoms with Gasteiger partial charge in [0, 0.05) is 18.7 Å². The number of nitrogens with zero attached hydrogens (tertiary/aromatic N) is 1. The van der Waals surface area contributed by atoms with Crippen LogP contribution in [0.5, 0.6) is 0 Å². The highest BCUT2D eigenvalue weighted by Gasteiger charge is 2.29. The Morgan fingerprint density at radius 1 is 1.42 bits per heavy atom. The molecule has 1 fully saturated rings. The van der Waals surface area contributed by atoms with Gasteiger partial charge in [0.1, 0.15) is 5.76 Å². The van der Waals surface area contributed by atoms with E-state index in [1.54, 1.807) is 0 Å². The van der Waals surface area contributed by atoms with Gasteiger partial charge < -0.3 is 9.73 Å². The van der Waals surface area contributed by atoms with E-state index in [-0.39, 0.29) is 0 Å². The normalized spacial score (nSPS) is 19.4. The maximum atomic E-state index is 5.67. The molecule has 0 unspecified atom stereocenters. The Hall–Kier alpha value is -0.800. The van der Waals surface area contributed by atoms with Crippen molar-refractivity contribution >= 4 is 0 Å². The van der Waals surface area contributed by atoms with E-state index in [1.807, 2.05) is 6.26 Å². The van der Waals surface area contributed by atoms with Gasteiger partial charge in [0.25, 0.3) is 0 Å². The van der Waals surface area contributed by atoms with Crippen molar-refractivity contribution in [2.45, 2.75) is 47.2 Å². The largest absolute Gasteiger partial charge is 0.468 e. The lowest BCUT2D eigenvalue weighted by Gasteiger charge is -2.18. The predicted octanol–water partition coefficient (Wildman–Crippen LogP) is 3.26. The summed E-state index contributed by atoms with van der Waals surface area (Å²) < 4.78 is 5.67. The van der Waals surface area contributed by atoms with E-state index in [0.29, 0.717) is 11.3 Å². The monoisotopic (exact) mass is 264 g/mol. The summed E-state index contributed by atoms with van der Waals surface area (Å²) in [6, 6.07) is 2.19. The van der Waals surface area contributed by atoms with Crippen molar-refractivity contribution < 1.29 is 4.42 Å². The molecular formula is C16H28N2O. The summed E-state index contributed by atoms with van der Waals surface area (Å²) in [6.45, 7) is 14.4. The van der Waals surface area contributed by atoms with Gasteiger partial charge >= 0.3 is 0 Å². The van der Waals surface area contributed by atoms with Gasteiger partial charge in [-0.05, 0) is 36.9 Å². The smallest absolute Gasteiger partial charge is 0.118 e. The van der Waals surface area contributed by atoms with Gasteiger partial charge in [-0.15, -0.1) is 0 Å². The molecule has 1 N–H and O–H groups in total. The van der Waals surface area contributed by atoms with E-state index in [4.69, 9.17) is 4.42 Å². The summed E-state index contributed by atoms with van der Waals surface area (Å²) in [5.74, 6) is 1.79. The summed E-state index contributed by atoms with van der Waals surface area (Å²) in [5, 5.41) is 3.45. The van der Waals surface area contributed by atoms with Gasteiger partial charge in [-0.3, -0.25) is 4.90 Å². The predicted molar refractivity (Wildman–Crippen MR) is 78.9 cm³/mol. The molecule has 1 aliphatic heterocycles. The Balaban J connectivity index is 1.78. The zero-order chi connectivity index (χ0) is 13.9. The van der Waals surface area contributed by atoms with Crippen LogP contribution in [0.15, 0.2) is 16.7 Å². The molecule has 0 saturated carbocycles. The molecule has 1 aromatic heterocycles. The third-order valence-electron chi connectivity index (χ3n) is 3.73. The number of likely N-dealkylation sites (tertiary alicyclic amines) is 1. The van der Waals surface area contributed by atoms with Crippen LogP contribution in [0.1, 0.15) is 45.4 Å². The SMILES string of the molecule is CC(C)CNCc1coc(CN2CCC(C)(C)C2)c1. The molecule has 0 radical (unpaired) electrons. The lowest BCUT2D eigenvalue weighted by Crippen LogP contribution is -2.22. The second-order valence-electron chi connectivity index (χ2n) is 7.07. The Morgan fingerprint density at radius 2 is 2.21 bits per heavy atom. The Morgan fingerprint density at radius 3 is 2.84 bits per heavy atom. The van der Waals surface area contributed by atoms with E-state index in [1.165, 1.54) is 25.1 Å². The van der Waals surface area contributed by atoms with Gasteiger partial charge in [-0.25, -0.2) is 0 Å². The highest BCUT2D eigenvalue weighted by molar-refractivity contribution is 5.12. The van der Waals surface area contributed by atoms with Gasteiger partial charge in [0.2, 0.25) is 0 Å². The molecule has 1 saturated heterocycles. The summed E-state index contributed by atoms with van der Waals surface area (Å²) in [5.41, 5.74) is 1.72. The van der Waals surface area contributed by atoms with Crippen LogP contribution in [-0.4, -0.2) is 24.5 Å². The van der Waals surface area contributed by atoms with Crippen LogP contribution < -0.4 is 5.32 Å². The molecule has 1 aromatic rings. The lowest BCUT2D eigenvalue weighted by atomic mass is 9.93. The second kappa shape index (κ2) is 6.10. The molecule has 0 atom stereocenters. The Kier molecular flexibility index (Phi) is 4.69. The first-order chi connectivity index (χ1) is 8.94. The van der Waals surface area contributed by atoms with Crippen LogP contribution in [0.25, 0.3) is 0 Å². The van der Waals surface area contributed by atoms with Crippen molar-refractivity contribution in [1.82, 2.24) is 10.2 Å². The van der Waals surface area contributed by atoms with Crippen molar-refractivity contribution in [2.24, 2.45) is 11.3 Å². The number of furan rings is 1. The Bertz CT molecular complexity index is 395. The molecule has 2 heterocycles. The van der Waals surface area contributed by atoms with Crippen molar-refractivity contribution in [1.29, 1.82) is 0 Å². The summed E-state index contributed by atoms with van der Waals surface area (Å²) in [7, 11) is 0. The fourth-order valence-corrected chi connectivity index (χ4v) is 2.69. The van der Waals surface area contributed by atoms with Crippen molar-refractivity contribution in [3.8, 4) is 0 Å². The number of hydrogen-bond donors (Lipinski definition) is 1. The molecule has 3 nitrogen and oxygen atoms in total. The molecule has 0 amide bonds. The summed E-state index contributed by atoms with van der Waals surface area (Å²) in [4.78, 5) is 2.49. The molecule has 0 bridgehead atoms. The molecule has 0 spiro atoms. The van der Waals surface area contributed by atoms with E-state index in [2.05, 4.69) is 44.0 Å². The number of hydrogen-bond acceptors (Lipinski definition) is 3. The van der Waals surface area contributed by atoms with E-state index in [0.717, 1.165) is 25.4 Å². The maximum absolute atomic E-state index is 5.67. The van der Waals surface area contributed by atoms with Gasteiger partial charge in [0.15, 0.2) is 0 Å². The van der Waals surface area contributed by atoms with Crippen LogP contribution in [0, 0.1) is 11.3 Å². The van der Waals surface area contributed by atoms with E-state index in [9.17, 15) is 0 Å². The summed E-state index contributed by atoms with van der Waals surface area (Å²) >= 11 is 0. The minimum atomic E-state index is 0.467. The van der Waals surface area contributed by atoms with E-state index >= 15 is 0 Å². The first kappa shape index (κ1) is 14.6. The molecule has 108 valence electrons. The average molecular weight is 264 g/mol. The molecule has 0 aromatic carbocycles. The molecule has 2 rings (SSSR count). The highest BCUT2D eigenvalue weighted by atomic mass is 16.3. The highest BCUT2D eigenvalue weighted by Crippen LogP contribution is 2.29. The lowest BCUT2D eigenvalue weighted by molar-refractivity contribution is 0.263. The van der Waals surface area contributed by atoms with Gasteiger partial charge in [0.05, 0.1) is 12.8 Å². The molecular weight excluding hydrogens is 236 g/mol. The topological polar surface area (TPSA) is 28.4 Å². The third kappa shape index (κ3) is 4.66. The fraction of sp³-hybridized carbons (Fsp3) is 0.750. The zero-order valence-electron chi connectivity index (χ0n) is 12.8. The van der Waals surface area contributed by atoms with Crippen LogP contribution in [0.4, 0.5) is 0 Å². The van der Waals surface area contributed by atoms with Gasteiger partial charge in [-0.1, -0.05) is 27.7 Å². The standard InChI is InChI=1S/C16H28N2O/c1-13(2)8-17-9-14-7-15(19-11-14)10-18-6-5-16(3,4)12-18/h7,11,13,17H,5-6,8-10,12H2,1-4H3. The van der Waals surface area contributed by atoms with Crippen molar-refractivity contribution in [3.05, 3.63) is 23.7 Å². The quantitative estimate of drug-likeness (QED) is 0.855. The average Bonchev–Trinajstić information content (AvgIpc) is 2.86. The first-order valence-electron chi connectivity index (χ1n) is 7.44. The Labute approximate surface area is 117 Å². The fourth-order valence-electron chi connectivity index (χ4n) is 2.69. The second-order valence-corrected chi connectivity index (χ2v) is 7.07. The maximum Gasteiger partial charge on any atom is 0.118 e. The van der Waals surface area contributed by atoms with Crippen LogP contribution in [0.3, 0.4) is 0 Å². The van der Waals surface area contributed by atoms with Crippen molar-refractivity contribution in [3.63, 3.8) is 0 Å². The zero-order valence-corrected chi connectivity index (χ0v) is 12.8. The van der Waals surface area contributed by atoms with Crippen LogP contribution >= 0.6 is 0 Å². The minimum absolute atomic E-state index is 0.467. The molecule has 19 heavy (non-hydrogen) atoms. The molecule has 1 aliphatic rings. The summed E-state index contributed by atoms with van der Waals surface area (Å²) in [6.07, 6.45) is 3.18. The van der Waals surface area contributed by atoms with Gasteiger partial charge in [-0.2, -0.15) is 0 Å². The van der Waals surface area contributed by atoms with Crippen molar-refractivity contribution in [2.75, 3.05) is 19.6 Å². The van der Waals surface area contributed by atoms with Crippen LogP contribution in [-0.2, 0) is 13.1 Å². The first-order valence-corrected chi connectivity index (χ1v) is 7.44. The molecule has 3 heteroatoms. The number of nitrogens with one attached hydrogen (secondary N) is 1. The minimum Gasteiger partial charge on any atom is -0.468 e. The third-order valence-corrected chi connectivity index (χ3v) is 3.73.